The lowest BCUT2D eigenvalue weighted by molar-refractivity contribution is 0.318. The van der Waals surface area contributed by atoms with Gasteiger partial charge in [0.1, 0.15) is 11.4 Å². The molecule has 1 heterocycles. The van der Waals surface area contributed by atoms with E-state index >= 15 is 0 Å². The Morgan fingerprint density at radius 1 is 1.20 bits per heavy atom. The Labute approximate surface area is 116 Å². The second kappa shape index (κ2) is 5.56. The highest BCUT2D eigenvalue weighted by Crippen LogP contribution is 2.28. The molecule has 0 atom stereocenters. The minimum absolute atomic E-state index is 0.0880. The zero-order chi connectivity index (χ0) is 14.7. The van der Waals surface area contributed by atoms with E-state index in [4.69, 9.17) is 15.7 Å². The van der Waals surface area contributed by atoms with Crippen LogP contribution in [0, 0.1) is 20.8 Å². The van der Waals surface area contributed by atoms with Crippen molar-refractivity contribution in [1.82, 2.24) is 9.97 Å². The van der Waals surface area contributed by atoms with Gasteiger partial charge < -0.3 is 15.7 Å². The highest BCUT2D eigenvalue weighted by molar-refractivity contribution is 5.95. The molecule has 6 nitrogen and oxygen atoms in total. The summed E-state index contributed by atoms with van der Waals surface area (Å²) in [5.74, 6) is 0.636. The number of amidine groups is 1. The molecular weight excluding hydrogens is 256 g/mol. The lowest BCUT2D eigenvalue weighted by atomic mass is 10.1. The van der Waals surface area contributed by atoms with Crippen LogP contribution in [0.5, 0.6) is 11.8 Å². The van der Waals surface area contributed by atoms with E-state index in [-0.39, 0.29) is 11.8 Å². The molecule has 0 saturated carbocycles. The van der Waals surface area contributed by atoms with Crippen molar-refractivity contribution in [3.05, 3.63) is 46.8 Å². The highest BCUT2D eigenvalue weighted by Gasteiger charge is 2.10. The Hall–Kier alpha value is -2.63. The largest absolute Gasteiger partial charge is 0.424 e. The van der Waals surface area contributed by atoms with Crippen LogP contribution in [0.15, 0.2) is 29.6 Å². The van der Waals surface area contributed by atoms with Gasteiger partial charge in [-0.05, 0) is 43.5 Å². The van der Waals surface area contributed by atoms with Gasteiger partial charge in [-0.25, -0.2) is 4.98 Å². The second-order valence-electron chi connectivity index (χ2n) is 4.47. The summed E-state index contributed by atoms with van der Waals surface area (Å²) in [6, 6.07) is 5.71. The van der Waals surface area contributed by atoms with Crippen LogP contribution in [0.25, 0.3) is 0 Å². The number of aryl methyl sites for hydroxylation is 2. The molecule has 1 aromatic heterocycles. The summed E-state index contributed by atoms with van der Waals surface area (Å²) >= 11 is 0. The molecule has 0 saturated heterocycles. The number of oxime groups is 1. The predicted molar refractivity (Wildman–Crippen MR) is 75.3 cm³/mol. The summed E-state index contributed by atoms with van der Waals surface area (Å²) in [6.45, 7) is 5.94. The molecule has 104 valence electrons. The molecule has 2 rings (SSSR count). The number of hydrogen-bond donors (Lipinski definition) is 2. The van der Waals surface area contributed by atoms with Crippen molar-refractivity contribution in [3.8, 4) is 11.8 Å². The number of aromatic nitrogens is 2. The topological polar surface area (TPSA) is 93.6 Å². The molecular formula is C14H16N4O2. The predicted octanol–water partition coefficient (Wildman–Crippen LogP) is 2.29. The first-order valence-corrected chi connectivity index (χ1v) is 6.08. The van der Waals surface area contributed by atoms with Crippen LogP contribution in [-0.2, 0) is 0 Å². The number of rotatable bonds is 3. The lowest BCUT2D eigenvalue weighted by Crippen LogP contribution is -2.15. The third kappa shape index (κ3) is 2.69. The van der Waals surface area contributed by atoms with Gasteiger partial charge in [-0.1, -0.05) is 17.3 Å². The molecule has 0 unspecified atom stereocenters. The number of nitrogens with two attached hydrogens (primary N) is 1. The van der Waals surface area contributed by atoms with Crippen molar-refractivity contribution >= 4 is 5.84 Å². The number of nitrogens with zero attached hydrogens (tertiary/aromatic N) is 3. The molecule has 0 amide bonds. The Morgan fingerprint density at radius 3 is 2.60 bits per heavy atom. The van der Waals surface area contributed by atoms with Gasteiger partial charge in [0.25, 0.3) is 0 Å². The zero-order valence-electron chi connectivity index (χ0n) is 11.6. The van der Waals surface area contributed by atoms with E-state index in [9.17, 15) is 0 Å². The number of hydrogen-bond acceptors (Lipinski definition) is 5. The normalized spacial score (nSPS) is 11.4. The number of benzene rings is 1. The van der Waals surface area contributed by atoms with Gasteiger partial charge in [0.15, 0.2) is 5.84 Å². The second-order valence-corrected chi connectivity index (χ2v) is 4.47. The van der Waals surface area contributed by atoms with Crippen molar-refractivity contribution < 1.29 is 9.94 Å². The maximum Gasteiger partial charge on any atom is 0.322 e. The SMILES string of the molecule is Cc1ccc(C)c(Oc2nccc(/C(N)=N/O)n2)c1C. The third-order valence-corrected chi connectivity index (χ3v) is 3.07. The van der Waals surface area contributed by atoms with Gasteiger partial charge in [0.05, 0.1) is 0 Å². The smallest absolute Gasteiger partial charge is 0.322 e. The lowest BCUT2D eigenvalue weighted by Gasteiger charge is -2.12. The maximum atomic E-state index is 8.66. The van der Waals surface area contributed by atoms with E-state index in [1.165, 1.54) is 12.3 Å². The van der Waals surface area contributed by atoms with E-state index in [1.807, 2.05) is 32.9 Å². The molecule has 0 aliphatic rings. The quantitative estimate of drug-likeness (QED) is 0.387. The molecule has 0 aliphatic carbocycles. The van der Waals surface area contributed by atoms with E-state index in [0.29, 0.717) is 5.69 Å². The Bertz CT molecular complexity index is 668. The first-order valence-electron chi connectivity index (χ1n) is 6.08. The fourth-order valence-electron chi connectivity index (χ4n) is 1.76. The molecule has 0 fully saturated rings. The molecule has 2 aromatic rings. The molecule has 0 aliphatic heterocycles. The average Bonchev–Trinajstić information content (AvgIpc) is 2.47. The van der Waals surface area contributed by atoms with Gasteiger partial charge in [-0.15, -0.1) is 0 Å². The molecule has 1 aromatic carbocycles. The van der Waals surface area contributed by atoms with Crippen molar-refractivity contribution in [1.29, 1.82) is 0 Å². The molecule has 0 radical (unpaired) electrons. The Balaban J connectivity index is 2.38. The first kappa shape index (κ1) is 13.8. The van der Waals surface area contributed by atoms with E-state index in [2.05, 4.69) is 15.1 Å². The van der Waals surface area contributed by atoms with Crippen LogP contribution in [0.4, 0.5) is 0 Å². The van der Waals surface area contributed by atoms with Crippen LogP contribution < -0.4 is 10.5 Å². The third-order valence-electron chi connectivity index (χ3n) is 3.07. The fraction of sp³-hybridized carbons (Fsp3) is 0.214. The molecule has 3 N–H and O–H groups in total. The van der Waals surface area contributed by atoms with E-state index in [1.54, 1.807) is 0 Å². The van der Waals surface area contributed by atoms with Crippen LogP contribution in [-0.4, -0.2) is 21.0 Å². The summed E-state index contributed by atoms with van der Waals surface area (Å²) in [7, 11) is 0. The van der Waals surface area contributed by atoms with Gasteiger partial charge >= 0.3 is 6.01 Å². The van der Waals surface area contributed by atoms with Gasteiger partial charge in [0, 0.05) is 6.20 Å². The van der Waals surface area contributed by atoms with Crippen LogP contribution in [0.3, 0.4) is 0 Å². The van der Waals surface area contributed by atoms with Crippen molar-refractivity contribution in [2.24, 2.45) is 10.9 Å². The molecule has 6 heteroatoms. The maximum absolute atomic E-state index is 8.66. The first-order chi connectivity index (χ1) is 9.52. The zero-order valence-corrected chi connectivity index (χ0v) is 11.6. The monoisotopic (exact) mass is 272 g/mol. The Kier molecular flexibility index (Phi) is 3.84. The standard InChI is InChI=1S/C14H16N4O2/c1-8-4-5-9(2)12(10(8)3)20-14-16-7-6-11(17-14)13(15)18-19/h4-7,19H,1-3H3,(H2,15,18). The van der Waals surface area contributed by atoms with Crippen molar-refractivity contribution in [2.75, 3.05) is 0 Å². The highest BCUT2D eigenvalue weighted by atomic mass is 16.5. The molecule has 0 spiro atoms. The molecule has 20 heavy (non-hydrogen) atoms. The van der Waals surface area contributed by atoms with E-state index < -0.39 is 0 Å². The van der Waals surface area contributed by atoms with Gasteiger partial charge in [0.2, 0.25) is 0 Å². The summed E-state index contributed by atoms with van der Waals surface area (Å²) in [5, 5.41) is 11.6. The van der Waals surface area contributed by atoms with Crippen molar-refractivity contribution in [3.63, 3.8) is 0 Å². The minimum atomic E-state index is -0.0880. The fourth-order valence-corrected chi connectivity index (χ4v) is 1.76. The summed E-state index contributed by atoms with van der Waals surface area (Å²) in [4.78, 5) is 8.14. The van der Waals surface area contributed by atoms with E-state index in [0.717, 1.165) is 22.4 Å². The summed E-state index contributed by atoms with van der Waals surface area (Å²) < 4.78 is 5.74. The van der Waals surface area contributed by atoms with Gasteiger partial charge in [-0.2, -0.15) is 4.98 Å². The van der Waals surface area contributed by atoms with Crippen LogP contribution >= 0.6 is 0 Å². The minimum Gasteiger partial charge on any atom is -0.424 e. The molecule has 0 bridgehead atoms. The average molecular weight is 272 g/mol. The van der Waals surface area contributed by atoms with Crippen LogP contribution in [0.2, 0.25) is 0 Å². The van der Waals surface area contributed by atoms with Crippen LogP contribution in [0.1, 0.15) is 22.4 Å². The van der Waals surface area contributed by atoms with Gasteiger partial charge in [-0.3, -0.25) is 0 Å². The summed E-state index contributed by atoms with van der Waals surface area (Å²) in [6.07, 6.45) is 1.50. The van der Waals surface area contributed by atoms with Crippen molar-refractivity contribution in [2.45, 2.75) is 20.8 Å². The summed E-state index contributed by atoms with van der Waals surface area (Å²) in [5.41, 5.74) is 8.95. The number of ether oxygens (including phenoxy) is 1. The Morgan fingerprint density at radius 2 is 1.90 bits per heavy atom.